The second-order valence-corrected chi connectivity index (χ2v) is 3.39. The van der Waals surface area contributed by atoms with Gasteiger partial charge in [0.05, 0.1) is 5.60 Å². The van der Waals surface area contributed by atoms with Crippen molar-refractivity contribution in [1.29, 1.82) is 0 Å². The average molecular weight is 136 g/mol. The number of rotatable bonds is 1. The molecule has 3 atom stereocenters. The molecule has 1 heteroatoms. The maximum Gasteiger partial charge on any atom is 0.0893 e. The molecule has 0 radical (unpaired) electrons. The molecular weight excluding hydrogens is 124 g/mol. The van der Waals surface area contributed by atoms with E-state index >= 15 is 0 Å². The summed E-state index contributed by atoms with van der Waals surface area (Å²) in [4.78, 5) is 0. The summed E-state index contributed by atoms with van der Waals surface area (Å²) < 4.78 is 0. The van der Waals surface area contributed by atoms with E-state index in [0.29, 0.717) is 11.8 Å². The minimum Gasteiger partial charge on any atom is -0.385 e. The van der Waals surface area contributed by atoms with Crippen molar-refractivity contribution in [2.45, 2.75) is 18.4 Å². The molecule has 0 aromatic carbocycles. The summed E-state index contributed by atoms with van der Waals surface area (Å²) in [5.41, 5.74) is -0.570. The van der Waals surface area contributed by atoms with Gasteiger partial charge in [0.15, 0.2) is 0 Å². The zero-order valence-corrected chi connectivity index (χ0v) is 5.96. The lowest BCUT2D eigenvalue weighted by molar-refractivity contribution is 0.0652. The number of aliphatic hydroxyl groups is 1. The molecule has 54 valence electrons. The molecule has 1 nitrogen and oxygen atoms in total. The molecule has 1 N–H and O–H groups in total. The maximum absolute atomic E-state index is 9.82. The van der Waals surface area contributed by atoms with Crippen LogP contribution in [0.1, 0.15) is 12.8 Å². The van der Waals surface area contributed by atoms with E-state index in [9.17, 15) is 5.11 Å². The van der Waals surface area contributed by atoms with Crippen molar-refractivity contribution in [3.8, 4) is 0 Å². The molecule has 2 aliphatic rings. The van der Waals surface area contributed by atoms with Gasteiger partial charge < -0.3 is 5.11 Å². The standard InChI is InChI=1S/C9H12O/c1-2-9(10)6-7-3-4-8(9)5-7/h2-4,7-8,10H,1,5-6H2/t7-,8+,9-/m0/s1. The van der Waals surface area contributed by atoms with E-state index in [0.717, 1.165) is 12.8 Å². The van der Waals surface area contributed by atoms with Crippen molar-refractivity contribution in [1.82, 2.24) is 0 Å². The van der Waals surface area contributed by atoms with Crippen LogP contribution in [0, 0.1) is 11.8 Å². The fourth-order valence-electron chi connectivity index (χ4n) is 2.10. The van der Waals surface area contributed by atoms with Gasteiger partial charge in [0.25, 0.3) is 0 Å². The van der Waals surface area contributed by atoms with Gasteiger partial charge in [-0.05, 0) is 18.8 Å². The molecule has 0 aromatic rings. The normalized spacial score (nSPS) is 50.1. The lowest BCUT2D eigenvalue weighted by atomic mass is 9.89. The zero-order chi connectivity index (χ0) is 7.19. The Bertz CT molecular complexity index is 195. The van der Waals surface area contributed by atoms with Crippen molar-refractivity contribution >= 4 is 0 Å². The van der Waals surface area contributed by atoms with Gasteiger partial charge in [0.2, 0.25) is 0 Å². The number of allylic oxidation sites excluding steroid dienone is 1. The van der Waals surface area contributed by atoms with Gasteiger partial charge in [-0.2, -0.15) is 0 Å². The lowest BCUT2D eigenvalue weighted by Gasteiger charge is -2.25. The topological polar surface area (TPSA) is 20.2 Å². The van der Waals surface area contributed by atoms with Crippen LogP contribution in [0.25, 0.3) is 0 Å². The van der Waals surface area contributed by atoms with E-state index in [1.54, 1.807) is 6.08 Å². The Hall–Kier alpha value is -0.560. The molecule has 2 rings (SSSR count). The number of fused-ring (bicyclic) bond motifs is 2. The van der Waals surface area contributed by atoms with Crippen molar-refractivity contribution < 1.29 is 5.11 Å². The van der Waals surface area contributed by atoms with Gasteiger partial charge in [0, 0.05) is 5.92 Å². The first kappa shape index (κ1) is 6.17. The summed E-state index contributed by atoms with van der Waals surface area (Å²) in [6, 6.07) is 0. The highest BCUT2D eigenvalue weighted by Gasteiger charge is 2.44. The zero-order valence-electron chi connectivity index (χ0n) is 5.96. The summed E-state index contributed by atoms with van der Waals surface area (Å²) in [5, 5.41) is 9.82. The van der Waals surface area contributed by atoms with Crippen LogP contribution >= 0.6 is 0 Å². The van der Waals surface area contributed by atoms with Crippen molar-refractivity contribution in [2.24, 2.45) is 11.8 Å². The molecule has 0 heterocycles. The lowest BCUT2D eigenvalue weighted by Crippen LogP contribution is -2.30. The van der Waals surface area contributed by atoms with E-state index < -0.39 is 5.60 Å². The largest absolute Gasteiger partial charge is 0.385 e. The Labute approximate surface area is 61.1 Å². The second-order valence-electron chi connectivity index (χ2n) is 3.39. The van der Waals surface area contributed by atoms with Crippen LogP contribution in [0.15, 0.2) is 24.8 Å². The highest BCUT2D eigenvalue weighted by molar-refractivity contribution is 5.21. The van der Waals surface area contributed by atoms with Gasteiger partial charge in [-0.25, -0.2) is 0 Å². The van der Waals surface area contributed by atoms with Gasteiger partial charge in [-0.1, -0.05) is 18.2 Å². The van der Waals surface area contributed by atoms with Crippen molar-refractivity contribution in [3.05, 3.63) is 24.8 Å². The van der Waals surface area contributed by atoms with Crippen LogP contribution in [0.5, 0.6) is 0 Å². The Kier molecular flexibility index (Phi) is 1.07. The smallest absolute Gasteiger partial charge is 0.0893 e. The molecular formula is C9H12O. The van der Waals surface area contributed by atoms with E-state index in [1.165, 1.54) is 0 Å². The molecule has 1 saturated carbocycles. The van der Waals surface area contributed by atoms with Crippen molar-refractivity contribution in [2.75, 3.05) is 0 Å². The molecule has 1 fully saturated rings. The average Bonchev–Trinajstić information content (AvgIpc) is 2.46. The van der Waals surface area contributed by atoms with Gasteiger partial charge in [-0.3, -0.25) is 0 Å². The van der Waals surface area contributed by atoms with Crippen LogP contribution in [0.4, 0.5) is 0 Å². The fourth-order valence-corrected chi connectivity index (χ4v) is 2.10. The third-order valence-corrected chi connectivity index (χ3v) is 2.76. The van der Waals surface area contributed by atoms with Crippen LogP contribution in [-0.4, -0.2) is 10.7 Å². The Morgan fingerprint density at radius 1 is 1.60 bits per heavy atom. The summed E-state index contributed by atoms with van der Waals surface area (Å²) in [7, 11) is 0. The third kappa shape index (κ3) is 0.613. The molecule has 2 aliphatic carbocycles. The third-order valence-electron chi connectivity index (χ3n) is 2.76. The number of hydrogen-bond acceptors (Lipinski definition) is 1. The SMILES string of the molecule is C=C[C@]1(O)C[C@H]2C=C[C@@H]1C2. The predicted octanol–water partition coefficient (Wildman–Crippen LogP) is 1.50. The first-order valence-corrected chi connectivity index (χ1v) is 3.79. The van der Waals surface area contributed by atoms with Crippen molar-refractivity contribution in [3.63, 3.8) is 0 Å². The fraction of sp³-hybridized carbons (Fsp3) is 0.556. The molecule has 0 aromatic heterocycles. The van der Waals surface area contributed by atoms with Crippen LogP contribution in [0.3, 0.4) is 0 Å². The highest BCUT2D eigenvalue weighted by Crippen LogP contribution is 2.46. The molecule has 2 bridgehead atoms. The summed E-state index contributed by atoms with van der Waals surface area (Å²) in [6.45, 7) is 3.65. The Balaban J connectivity index is 2.30. The van der Waals surface area contributed by atoms with E-state index in [2.05, 4.69) is 18.7 Å². The van der Waals surface area contributed by atoms with Crippen LogP contribution in [0.2, 0.25) is 0 Å². The first-order valence-electron chi connectivity index (χ1n) is 3.79. The molecule has 0 aliphatic heterocycles. The minimum absolute atomic E-state index is 0.356. The molecule has 0 unspecified atom stereocenters. The Morgan fingerprint density at radius 3 is 2.70 bits per heavy atom. The van der Waals surface area contributed by atoms with Gasteiger partial charge in [-0.15, -0.1) is 6.58 Å². The predicted molar refractivity (Wildman–Crippen MR) is 40.5 cm³/mol. The van der Waals surface area contributed by atoms with E-state index in [1.807, 2.05) is 0 Å². The van der Waals surface area contributed by atoms with Crippen LogP contribution in [-0.2, 0) is 0 Å². The van der Waals surface area contributed by atoms with Gasteiger partial charge in [0.1, 0.15) is 0 Å². The quantitative estimate of drug-likeness (QED) is 0.541. The summed E-state index contributed by atoms with van der Waals surface area (Å²) >= 11 is 0. The van der Waals surface area contributed by atoms with E-state index in [-0.39, 0.29) is 0 Å². The molecule has 0 amide bonds. The second kappa shape index (κ2) is 1.73. The Morgan fingerprint density at radius 2 is 2.40 bits per heavy atom. The summed E-state index contributed by atoms with van der Waals surface area (Å²) in [5.74, 6) is 0.975. The number of hydrogen-bond donors (Lipinski definition) is 1. The minimum atomic E-state index is -0.570. The molecule has 10 heavy (non-hydrogen) atoms. The van der Waals surface area contributed by atoms with Gasteiger partial charge >= 0.3 is 0 Å². The molecule has 0 spiro atoms. The summed E-state index contributed by atoms with van der Waals surface area (Å²) in [6.07, 6.45) is 8.04. The van der Waals surface area contributed by atoms with Crippen LogP contribution < -0.4 is 0 Å². The highest BCUT2D eigenvalue weighted by atomic mass is 16.3. The van der Waals surface area contributed by atoms with E-state index in [4.69, 9.17) is 0 Å². The monoisotopic (exact) mass is 136 g/mol. The molecule has 0 saturated heterocycles. The maximum atomic E-state index is 9.82. The first-order chi connectivity index (χ1) is 4.74.